The Labute approximate surface area is 176 Å². The molecule has 8 heteroatoms. The molecule has 30 heavy (non-hydrogen) atoms. The van der Waals surface area contributed by atoms with Crippen LogP contribution in [0.25, 0.3) is 0 Å². The number of piperidine rings is 1. The zero-order valence-corrected chi connectivity index (χ0v) is 17.6. The Morgan fingerprint density at radius 1 is 1.33 bits per heavy atom. The van der Waals surface area contributed by atoms with Crippen molar-refractivity contribution in [3.63, 3.8) is 0 Å². The number of amides is 1. The van der Waals surface area contributed by atoms with Crippen LogP contribution in [0.2, 0.25) is 0 Å². The summed E-state index contributed by atoms with van der Waals surface area (Å²) in [6, 6.07) is 3.99. The van der Waals surface area contributed by atoms with Crippen LogP contribution in [-0.4, -0.2) is 53.0 Å². The highest BCUT2D eigenvalue weighted by Crippen LogP contribution is 2.52. The van der Waals surface area contributed by atoms with Crippen LogP contribution < -0.4 is 15.4 Å². The number of carbonyl (C=O) groups excluding carboxylic acids is 1. The van der Waals surface area contributed by atoms with Gasteiger partial charge in [0.05, 0.1) is 11.8 Å². The van der Waals surface area contributed by atoms with Gasteiger partial charge < -0.3 is 20.3 Å². The van der Waals surface area contributed by atoms with E-state index in [2.05, 4.69) is 14.9 Å². The molecule has 1 aromatic carbocycles. The number of halogens is 1. The van der Waals surface area contributed by atoms with Gasteiger partial charge in [-0.15, -0.1) is 0 Å². The third-order valence-electron chi connectivity index (χ3n) is 6.22. The molecule has 7 nitrogen and oxygen atoms in total. The molecule has 2 heterocycles. The van der Waals surface area contributed by atoms with Gasteiger partial charge in [0.1, 0.15) is 17.9 Å². The highest BCUT2D eigenvalue weighted by molar-refractivity contribution is 5.97. The predicted octanol–water partition coefficient (Wildman–Crippen LogP) is 2.92. The van der Waals surface area contributed by atoms with Gasteiger partial charge in [-0.3, -0.25) is 4.79 Å². The van der Waals surface area contributed by atoms with Crippen LogP contribution in [0.5, 0.6) is 11.5 Å². The topological polar surface area (TPSA) is 84.6 Å². The van der Waals surface area contributed by atoms with Gasteiger partial charge in [-0.1, -0.05) is 0 Å². The average Bonchev–Trinajstić information content (AvgIpc) is 3.20. The minimum Gasteiger partial charge on any atom is -0.451 e. The molecule has 2 atom stereocenters. The molecule has 1 saturated heterocycles. The monoisotopic (exact) mass is 413 g/mol. The van der Waals surface area contributed by atoms with Crippen LogP contribution in [0.15, 0.2) is 30.7 Å². The predicted molar refractivity (Wildman–Crippen MR) is 112 cm³/mol. The summed E-state index contributed by atoms with van der Waals surface area (Å²) < 4.78 is 20.1. The van der Waals surface area contributed by atoms with Crippen molar-refractivity contribution in [1.29, 1.82) is 0 Å². The minimum atomic E-state index is -0.484. The number of nitrogens with zero attached hydrogens (tertiary/aromatic N) is 4. The van der Waals surface area contributed by atoms with Crippen molar-refractivity contribution in [2.24, 2.45) is 23.5 Å². The van der Waals surface area contributed by atoms with Crippen molar-refractivity contribution >= 4 is 11.7 Å². The zero-order valence-electron chi connectivity index (χ0n) is 17.6. The number of benzene rings is 1. The van der Waals surface area contributed by atoms with Gasteiger partial charge in [0.25, 0.3) is 5.91 Å². The first-order chi connectivity index (χ1) is 14.4. The molecule has 2 N–H and O–H groups in total. The molecule has 0 spiro atoms. The van der Waals surface area contributed by atoms with E-state index >= 15 is 0 Å². The Hall–Kier alpha value is -2.74. The van der Waals surface area contributed by atoms with Crippen LogP contribution in [0.4, 0.5) is 10.2 Å². The molecule has 0 radical (unpaired) electrons. The van der Waals surface area contributed by atoms with E-state index < -0.39 is 5.82 Å². The maximum atomic E-state index is 14.0. The van der Waals surface area contributed by atoms with Gasteiger partial charge in [-0.2, -0.15) is 0 Å². The summed E-state index contributed by atoms with van der Waals surface area (Å²) in [5.41, 5.74) is 6.01. The molecule has 2 aromatic rings. The highest BCUT2D eigenvalue weighted by atomic mass is 19.1. The van der Waals surface area contributed by atoms with Crippen LogP contribution in [0.3, 0.4) is 0 Å². The Bertz CT molecular complexity index is 925. The van der Waals surface area contributed by atoms with Crippen LogP contribution in [0.1, 0.15) is 31.1 Å². The van der Waals surface area contributed by atoms with Gasteiger partial charge in [0.2, 0.25) is 0 Å². The molecule has 2 aliphatic rings. The van der Waals surface area contributed by atoms with Gasteiger partial charge in [-0.25, -0.2) is 14.4 Å². The first kappa shape index (κ1) is 20.5. The summed E-state index contributed by atoms with van der Waals surface area (Å²) in [5, 5.41) is 0. The fraction of sp³-hybridized carbons (Fsp3) is 0.500. The molecule has 2 unspecified atom stereocenters. The molecule has 1 amide bonds. The lowest BCUT2D eigenvalue weighted by molar-refractivity contribution is 0.0713. The average molecular weight is 413 g/mol. The normalized spacial score (nSPS) is 22.2. The number of ether oxygens (including phenoxy) is 1. The summed E-state index contributed by atoms with van der Waals surface area (Å²) >= 11 is 0. The Morgan fingerprint density at radius 3 is 2.70 bits per heavy atom. The van der Waals surface area contributed by atoms with Crippen LogP contribution in [-0.2, 0) is 0 Å². The van der Waals surface area contributed by atoms with Crippen molar-refractivity contribution in [3.05, 3.63) is 42.1 Å². The zero-order chi connectivity index (χ0) is 21.4. The van der Waals surface area contributed by atoms with Gasteiger partial charge >= 0.3 is 0 Å². The van der Waals surface area contributed by atoms with Gasteiger partial charge in [0.15, 0.2) is 11.6 Å². The second-order valence-electron chi connectivity index (χ2n) is 8.27. The lowest BCUT2D eigenvalue weighted by atomic mass is 10.1. The van der Waals surface area contributed by atoms with E-state index in [9.17, 15) is 9.18 Å². The maximum absolute atomic E-state index is 14.0. The first-order valence-electron chi connectivity index (χ1n) is 10.5. The van der Waals surface area contributed by atoms with Crippen molar-refractivity contribution in [2.45, 2.75) is 26.8 Å². The lowest BCUT2D eigenvalue weighted by Gasteiger charge is -2.26. The number of rotatable bonds is 7. The van der Waals surface area contributed by atoms with Crippen LogP contribution >= 0.6 is 0 Å². The molecule has 1 aliphatic carbocycles. The van der Waals surface area contributed by atoms with Crippen molar-refractivity contribution < 1.29 is 13.9 Å². The number of hydrogen-bond acceptors (Lipinski definition) is 6. The Kier molecular flexibility index (Phi) is 5.60. The van der Waals surface area contributed by atoms with Gasteiger partial charge in [-0.05, 0) is 63.3 Å². The summed E-state index contributed by atoms with van der Waals surface area (Å²) in [7, 11) is 0. The number of nitrogens with two attached hydrogens (primary N) is 1. The van der Waals surface area contributed by atoms with Crippen molar-refractivity contribution in [2.75, 3.05) is 31.1 Å². The molecule has 1 saturated carbocycles. The standard InChI is InChI=1S/C22H28FN5O2/c1-4-28(13(2)3)22(29)15-7-14(23)5-6-19(15)30-20-9-25-12-26-21(20)27-10-17-16(8-24)18(17)11-27/h5-7,9,12-13,16-18H,4,8,10-11,24H2,1-3H3. The Morgan fingerprint density at radius 2 is 2.07 bits per heavy atom. The largest absolute Gasteiger partial charge is 0.451 e. The quantitative estimate of drug-likeness (QED) is 0.751. The summed E-state index contributed by atoms with van der Waals surface area (Å²) in [6.45, 7) is 8.76. The van der Waals surface area contributed by atoms with E-state index in [1.54, 1.807) is 11.1 Å². The molecular weight excluding hydrogens is 385 g/mol. The van der Waals surface area contributed by atoms with Crippen LogP contribution in [0, 0.1) is 23.6 Å². The molecule has 1 aliphatic heterocycles. The van der Waals surface area contributed by atoms with E-state index in [1.807, 2.05) is 20.8 Å². The van der Waals surface area contributed by atoms with E-state index in [0.29, 0.717) is 41.6 Å². The SMILES string of the molecule is CCN(C(=O)c1cc(F)ccc1Oc1cncnc1N1CC2C(CN)C2C1)C(C)C. The second-order valence-corrected chi connectivity index (χ2v) is 8.27. The van der Waals surface area contributed by atoms with E-state index in [4.69, 9.17) is 10.5 Å². The molecule has 2 fully saturated rings. The smallest absolute Gasteiger partial charge is 0.257 e. The fourth-order valence-electron chi connectivity index (χ4n) is 4.57. The molecular formula is C22H28FN5O2. The third kappa shape index (κ3) is 3.71. The van der Waals surface area contributed by atoms with Crippen molar-refractivity contribution in [3.8, 4) is 11.5 Å². The maximum Gasteiger partial charge on any atom is 0.257 e. The minimum absolute atomic E-state index is 0.0129. The van der Waals surface area contributed by atoms with E-state index in [1.165, 1.54) is 24.5 Å². The molecule has 1 aromatic heterocycles. The summed E-state index contributed by atoms with van der Waals surface area (Å²) in [6.07, 6.45) is 3.07. The molecule has 4 rings (SSSR count). The van der Waals surface area contributed by atoms with Gasteiger partial charge in [0, 0.05) is 25.7 Å². The number of aromatic nitrogens is 2. The number of anilines is 1. The lowest BCUT2D eigenvalue weighted by Crippen LogP contribution is -2.36. The number of fused-ring (bicyclic) bond motifs is 1. The number of carbonyl (C=O) groups is 1. The molecule has 160 valence electrons. The van der Waals surface area contributed by atoms with Crippen molar-refractivity contribution in [1.82, 2.24) is 14.9 Å². The van der Waals surface area contributed by atoms with E-state index in [0.717, 1.165) is 19.6 Å². The number of hydrogen-bond donors (Lipinski definition) is 1. The first-order valence-corrected chi connectivity index (χ1v) is 10.5. The highest BCUT2D eigenvalue weighted by Gasteiger charge is 2.55. The van der Waals surface area contributed by atoms with E-state index in [-0.39, 0.29) is 17.5 Å². The second kappa shape index (κ2) is 8.18. The molecule has 0 bridgehead atoms. The summed E-state index contributed by atoms with van der Waals surface area (Å²) in [4.78, 5) is 25.4. The fourth-order valence-corrected chi connectivity index (χ4v) is 4.57. The summed E-state index contributed by atoms with van der Waals surface area (Å²) in [5.74, 6) is 2.49. The third-order valence-corrected chi connectivity index (χ3v) is 6.22. The Balaban J connectivity index is 1.61.